The SMILES string of the molecule is O=C(Cc1ccc(NC(=O)c2cccc(F)c2)cc1)NCc1ccccc1.O=C(Cc1ccc(NC(=O)c2ccccc2)cc1)NCc1ccccc1. The number of rotatable bonds is 12. The monoisotopic (exact) mass is 706 g/mol. The molecular formula is C44H39FN4O4. The van der Waals surface area contributed by atoms with Crippen LogP contribution in [-0.2, 0) is 35.5 Å². The van der Waals surface area contributed by atoms with Crippen molar-refractivity contribution in [1.82, 2.24) is 10.6 Å². The summed E-state index contributed by atoms with van der Waals surface area (Å²) in [7, 11) is 0. The molecule has 0 fully saturated rings. The zero-order chi connectivity index (χ0) is 37.3. The molecule has 4 N–H and O–H groups in total. The normalized spacial score (nSPS) is 10.2. The summed E-state index contributed by atoms with van der Waals surface area (Å²) in [5.74, 6) is -1.10. The maximum atomic E-state index is 13.2. The first kappa shape index (κ1) is 37.4. The first-order valence-electron chi connectivity index (χ1n) is 17.0. The minimum atomic E-state index is -0.459. The van der Waals surface area contributed by atoms with E-state index in [0.717, 1.165) is 22.3 Å². The van der Waals surface area contributed by atoms with Gasteiger partial charge in [0.05, 0.1) is 12.8 Å². The van der Waals surface area contributed by atoms with Crippen molar-refractivity contribution in [2.24, 2.45) is 0 Å². The van der Waals surface area contributed by atoms with Crippen molar-refractivity contribution >= 4 is 35.0 Å². The Bertz CT molecular complexity index is 2090. The fraction of sp³-hybridized carbons (Fsp3) is 0.0909. The first-order chi connectivity index (χ1) is 25.8. The third kappa shape index (κ3) is 12.8. The molecule has 0 aliphatic carbocycles. The highest BCUT2D eigenvalue weighted by Crippen LogP contribution is 2.14. The Morgan fingerprint density at radius 1 is 0.415 bits per heavy atom. The molecule has 0 bridgehead atoms. The van der Waals surface area contributed by atoms with Crippen LogP contribution in [0.3, 0.4) is 0 Å². The Kier molecular flexibility index (Phi) is 13.8. The Morgan fingerprint density at radius 3 is 1.25 bits per heavy atom. The summed E-state index contributed by atoms with van der Waals surface area (Å²) in [5.41, 5.74) is 5.99. The van der Waals surface area contributed by atoms with Crippen molar-refractivity contribution < 1.29 is 23.6 Å². The van der Waals surface area contributed by atoms with Crippen LogP contribution in [0.25, 0.3) is 0 Å². The van der Waals surface area contributed by atoms with Gasteiger partial charge < -0.3 is 21.3 Å². The zero-order valence-electron chi connectivity index (χ0n) is 28.9. The van der Waals surface area contributed by atoms with Crippen molar-refractivity contribution in [3.8, 4) is 0 Å². The van der Waals surface area contributed by atoms with E-state index in [4.69, 9.17) is 0 Å². The fourth-order valence-electron chi connectivity index (χ4n) is 5.13. The van der Waals surface area contributed by atoms with E-state index in [2.05, 4.69) is 21.3 Å². The molecule has 8 nitrogen and oxygen atoms in total. The molecule has 6 aromatic carbocycles. The van der Waals surface area contributed by atoms with Crippen LogP contribution >= 0.6 is 0 Å². The van der Waals surface area contributed by atoms with Crippen LogP contribution in [-0.4, -0.2) is 23.6 Å². The molecule has 4 amide bonds. The number of hydrogen-bond donors (Lipinski definition) is 4. The molecule has 0 saturated heterocycles. The summed E-state index contributed by atoms with van der Waals surface area (Å²) in [5, 5.41) is 11.3. The molecule has 0 aliphatic rings. The van der Waals surface area contributed by atoms with E-state index in [1.165, 1.54) is 18.2 Å². The summed E-state index contributed by atoms with van der Waals surface area (Å²) in [6.07, 6.45) is 0.560. The Hall–Kier alpha value is -6.87. The maximum Gasteiger partial charge on any atom is 0.255 e. The molecule has 0 aliphatic heterocycles. The Labute approximate surface area is 308 Å². The second-order valence-corrected chi connectivity index (χ2v) is 12.1. The van der Waals surface area contributed by atoms with Crippen LogP contribution in [0, 0.1) is 5.82 Å². The number of carbonyl (C=O) groups excluding carboxylic acids is 4. The van der Waals surface area contributed by atoms with E-state index in [9.17, 15) is 23.6 Å². The molecule has 0 atom stereocenters. The number of hydrogen-bond acceptors (Lipinski definition) is 4. The summed E-state index contributed by atoms with van der Waals surface area (Å²) in [4.78, 5) is 48.3. The highest BCUT2D eigenvalue weighted by atomic mass is 19.1. The zero-order valence-corrected chi connectivity index (χ0v) is 28.9. The molecule has 0 radical (unpaired) electrons. The minimum absolute atomic E-state index is 0.0325. The second-order valence-electron chi connectivity index (χ2n) is 12.1. The lowest BCUT2D eigenvalue weighted by Gasteiger charge is -2.08. The van der Waals surface area contributed by atoms with Crippen molar-refractivity contribution in [1.29, 1.82) is 0 Å². The van der Waals surface area contributed by atoms with Gasteiger partial charge in [-0.3, -0.25) is 19.2 Å². The molecule has 0 aromatic heterocycles. The van der Waals surface area contributed by atoms with E-state index >= 15 is 0 Å². The standard InChI is InChI=1S/C22H19FN2O2.C22H20N2O2/c23-19-8-4-7-18(14-19)22(27)25-20-11-9-16(10-12-20)13-21(26)24-15-17-5-2-1-3-6-17;25-21(23-16-18-7-3-1-4-8-18)15-17-11-13-20(14-12-17)24-22(26)19-9-5-2-6-10-19/h1-12,14H,13,15H2,(H,24,26)(H,25,27);1-14H,15-16H2,(H,23,25)(H,24,26). The average Bonchev–Trinajstić information content (AvgIpc) is 3.19. The molecule has 53 heavy (non-hydrogen) atoms. The van der Waals surface area contributed by atoms with Gasteiger partial charge in [0.25, 0.3) is 11.8 Å². The van der Waals surface area contributed by atoms with Gasteiger partial charge in [-0.1, -0.05) is 109 Å². The molecule has 0 heterocycles. The van der Waals surface area contributed by atoms with E-state index in [0.29, 0.717) is 36.4 Å². The van der Waals surface area contributed by atoms with Crippen LogP contribution < -0.4 is 21.3 Å². The van der Waals surface area contributed by atoms with Crippen molar-refractivity contribution in [2.75, 3.05) is 10.6 Å². The minimum Gasteiger partial charge on any atom is -0.352 e. The summed E-state index contributed by atoms with van der Waals surface area (Å²) in [6.45, 7) is 1.01. The molecule has 0 saturated carbocycles. The summed E-state index contributed by atoms with van der Waals surface area (Å²) >= 11 is 0. The molecular weight excluding hydrogens is 668 g/mol. The van der Waals surface area contributed by atoms with E-state index in [1.807, 2.05) is 91.0 Å². The molecule has 266 valence electrons. The predicted molar refractivity (Wildman–Crippen MR) is 206 cm³/mol. The number of carbonyl (C=O) groups is 4. The molecule has 0 spiro atoms. The van der Waals surface area contributed by atoms with Gasteiger partial charge in [0, 0.05) is 35.6 Å². The third-order valence-corrected chi connectivity index (χ3v) is 7.94. The number of nitrogens with one attached hydrogen (secondary N) is 4. The lowest BCUT2D eigenvalue weighted by Crippen LogP contribution is -2.24. The number of amides is 4. The molecule has 9 heteroatoms. The van der Waals surface area contributed by atoms with Crippen LogP contribution in [0.15, 0.2) is 164 Å². The smallest absolute Gasteiger partial charge is 0.255 e. The third-order valence-electron chi connectivity index (χ3n) is 7.94. The van der Waals surface area contributed by atoms with Crippen LogP contribution in [0.2, 0.25) is 0 Å². The number of halogens is 1. The van der Waals surface area contributed by atoms with Crippen molar-refractivity contribution in [2.45, 2.75) is 25.9 Å². The van der Waals surface area contributed by atoms with Crippen molar-refractivity contribution in [3.05, 3.63) is 203 Å². The van der Waals surface area contributed by atoms with Gasteiger partial charge in [-0.25, -0.2) is 4.39 Å². The Morgan fingerprint density at radius 2 is 0.811 bits per heavy atom. The predicted octanol–water partition coefficient (Wildman–Crippen LogP) is 7.73. The number of benzene rings is 6. The van der Waals surface area contributed by atoms with Gasteiger partial charge in [-0.15, -0.1) is 0 Å². The van der Waals surface area contributed by atoms with Gasteiger partial charge in [0.2, 0.25) is 11.8 Å². The first-order valence-corrected chi connectivity index (χ1v) is 17.0. The lowest BCUT2D eigenvalue weighted by molar-refractivity contribution is -0.121. The topological polar surface area (TPSA) is 116 Å². The summed E-state index contributed by atoms with van der Waals surface area (Å²) < 4.78 is 13.2. The molecule has 6 aromatic rings. The maximum absolute atomic E-state index is 13.2. The highest BCUT2D eigenvalue weighted by molar-refractivity contribution is 6.04. The van der Waals surface area contributed by atoms with Crippen LogP contribution in [0.5, 0.6) is 0 Å². The van der Waals surface area contributed by atoms with Gasteiger partial charge >= 0.3 is 0 Å². The van der Waals surface area contributed by atoms with Crippen LogP contribution in [0.4, 0.5) is 15.8 Å². The highest BCUT2D eigenvalue weighted by Gasteiger charge is 2.09. The van der Waals surface area contributed by atoms with Crippen molar-refractivity contribution in [3.63, 3.8) is 0 Å². The fourth-order valence-corrected chi connectivity index (χ4v) is 5.13. The van der Waals surface area contributed by atoms with E-state index in [-0.39, 0.29) is 35.6 Å². The Balaban J connectivity index is 0.000000204. The molecule has 6 rings (SSSR count). The van der Waals surface area contributed by atoms with Crippen LogP contribution in [0.1, 0.15) is 43.0 Å². The van der Waals surface area contributed by atoms with Gasteiger partial charge in [-0.05, 0) is 76.9 Å². The second kappa shape index (κ2) is 19.5. The van der Waals surface area contributed by atoms with E-state index < -0.39 is 5.82 Å². The van der Waals surface area contributed by atoms with E-state index in [1.54, 1.807) is 54.6 Å². The van der Waals surface area contributed by atoms with Gasteiger partial charge in [0.15, 0.2) is 0 Å². The summed E-state index contributed by atoms with van der Waals surface area (Å²) in [6, 6.07) is 48.4. The van der Waals surface area contributed by atoms with Gasteiger partial charge in [0.1, 0.15) is 5.82 Å². The van der Waals surface area contributed by atoms with Gasteiger partial charge in [-0.2, -0.15) is 0 Å². The average molecular weight is 707 g/mol. The lowest BCUT2D eigenvalue weighted by atomic mass is 10.1. The molecule has 0 unspecified atom stereocenters. The number of anilines is 2. The quantitative estimate of drug-likeness (QED) is 0.104. The largest absolute Gasteiger partial charge is 0.352 e.